The molecule has 1 amide bonds. The third kappa shape index (κ3) is 6.28. The normalized spacial score (nSPS) is 20.5. The molecule has 3 aromatic rings. The van der Waals surface area contributed by atoms with Crippen LogP contribution in [0.15, 0.2) is 47.3 Å². The van der Waals surface area contributed by atoms with Gasteiger partial charge in [0.2, 0.25) is 0 Å². The molecule has 4 heterocycles. The number of H-pyrrole nitrogens is 1. The van der Waals surface area contributed by atoms with Gasteiger partial charge in [0.05, 0.1) is 12.7 Å². The van der Waals surface area contributed by atoms with Gasteiger partial charge in [0.15, 0.2) is 0 Å². The number of hydrogen-bond donors (Lipinski definition) is 2. The quantitative estimate of drug-likeness (QED) is 0.373. The van der Waals surface area contributed by atoms with E-state index in [4.69, 9.17) is 9.47 Å². The largest absolute Gasteiger partial charge is 0.381 e. The molecule has 3 aliphatic heterocycles. The maximum Gasteiger partial charge on any atom is 0.253 e. The second-order valence-corrected chi connectivity index (χ2v) is 12.4. The number of anilines is 1. The number of pyridine rings is 1. The van der Waals surface area contributed by atoms with Gasteiger partial charge in [0.1, 0.15) is 0 Å². The Morgan fingerprint density at radius 2 is 1.84 bits per heavy atom. The predicted octanol–water partition coefficient (Wildman–Crippen LogP) is 4.88. The lowest BCUT2D eigenvalue weighted by atomic mass is 9.94. The molecule has 228 valence electrons. The Labute approximate surface area is 254 Å². The van der Waals surface area contributed by atoms with Crippen LogP contribution in [0.2, 0.25) is 0 Å². The number of carbonyl (C=O) groups is 1. The van der Waals surface area contributed by atoms with Gasteiger partial charge in [0, 0.05) is 74.0 Å². The number of nitrogens with zero attached hydrogens (tertiary/aromatic N) is 2. The van der Waals surface area contributed by atoms with Crippen molar-refractivity contribution >= 4 is 11.6 Å². The second-order valence-electron chi connectivity index (χ2n) is 12.4. The number of carbonyl (C=O) groups excluding carboxylic acids is 1. The van der Waals surface area contributed by atoms with Crippen LogP contribution >= 0.6 is 0 Å². The minimum absolute atomic E-state index is 0.157. The van der Waals surface area contributed by atoms with E-state index in [-0.39, 0.29) is 18.0 Å². The molecule has 2 N–H and O–H groups in total. The van der Waals surface area contributed by atoms with E-state index in [0.717, 1.165) is 92.4 Å². The first-order valence-corrected chi connectivity index (χ1v) is 15.7. The van der Waals surface area contributed by atoms with Gasteiger partial charge in [-0.15, -0.1) is 0 Å². The third-order valence-electron chi connectivity index (χ3n) is 9.51. The summed E-state index contributed by atoms with van der Waals surface area (Å²) in [6, 6.07) is 15.9. The number of hydrogen-bond acceptors (Lipinski definition) is 6. The highest BCUT2D eigenvalue weighted by Gasteiger charge is 2.38. The number of benzene rings is 2. The molecule has 2 aromatic carbocycles. The van der Waals surface area contributed by atoms with Crippen molar-refractivity contribution < 1.29 is 14.3 Å². The first-order chi connectivity index (χ1) is 20.8. The summed E-state index contributed by atoms with van der Waals surface area (Å²) >= 11 is 0. The van der Waals surface area contributed by atoms with Gasteiger partial charge in [-0.05, 0) is 93.0 Å². The van der Waals surface area contributed by atoms with Gasteiger partial charge < -0.3 is 24.7 Å². The highest BCUT2D eigenvalue weighted by atomic mass is 16.5. The number of aryl methyl sites for hydroxylation is 2. The van der Waals surface area contributed by atoms with E-state index in [1.165, 1.54) is 5.56 Å². The lowest BCUT2D eigenvalue weighted by Crippen LogP contribution is -2.40. The summed E-state index contributed by atoms with van der Waals surface area (Å²) in [6.07, 6.45) is 3.47. The smallest absolute Gasteiger partial charge is 0.253 e. The lowest BCUT2D eigenvalue weighted by Gasteiger charge is -2.37. The van der Waals surface area contributed by atoms with Crippen LogP contribution in [0, 0.1) is 20.8 Å². The topological polar surface area (TPSA) is 86.9 Å². The molecule has 0 saturated carbocycles. The van der Waals surface area contributed by atoms with Crippen molar-refractivity contribution in [2.45, 2.75) is 78.2 Å². The zero-order valence-corrected chi connectivity index (χ0v) is 25.9. The first kappa shape index (κ1) is 29.6. The zero-order valence-electron chi connectivity index (χ0n) is 25.9. The van der Waals surface area contributed by atoms with Gasteiger partial charge in [-0.3, -0.25) is 14.5 Å². The van der Waals surface area contributed by atoms with E-state index in [2.05, 4.69) is 57.4 Å². The van der Waals surface area contributed by atoms with Crippen LogP contribution in [0.3, 0.4) is 0 Å². The Kier molecular flexibility index (Phi) is 8.71. The van der Waals surface area contributed by atoms with Gasteiger partial charge >= 0.3 is 0 Å². The average molecular weight is 585 g/mol. The fraction of sp³-hybridized carbons (Fsp3) is 0.486. The van der Waals surface area contributed by atoms with Crippen LogP contribution in [-0.4, -0.2) is 66.9 Å². The van der Waals surface area contributed by atoms with Crippen molar-refractivity contribution in [2.24, 2.45) is 0 Å². The van der Waals surface area contributed by atoms with E-state index < -0.39 is 0 Å². The highest BCUT2D eigenvalue weighted by Crippen LogP contribution is 2.35. The summed E-state index contributed by atoms with van der Waals surface area (Å²) in [5.41, 5.74) is 8.17. The molecule has 3 fully saturated rings. The second kappa shape index (κ2) is 12.6. The summed E-state index contributed by atoms with van der Waals surface area (Å²) in [4.78, 5) is 34.2. The number of amides is 1. The number of ether oxygens (including phenoxy) is 2. The molecule has 6 rings (SSSR count). The number of aromatic nitrogens is 1. The summed E-state index contributed by atoms with van der Waals surface area (Å²) in [5, 5.41) is 3.05. The number of nitrogens with one attached hydrogen (secondary N) is 2. The molecule has 43 heavy (non-hydrogen) atoms. The Balaban J connectivity index is 1.30. The number of aromatic amines is 1. The number of likely N-dealkylation sites (tertiary alicyclic amines) is 1. The van der Waals surface area contributed by atoms with Crippen LogP contribution in [0.4, 0.5) is 5.69 Å². The first-order valence-electron chi connectivity index (χ1n) is 15.7. The predicted molar refractivity (Wildman–Crippen MR) is 170 cm³/mol. The van der Waals surface area contributed by atoms with Crippen LogP contribution in [0.25, 0.3) is 11.1 Å². The molecule has 1 aromatic heterocycles. The fourth-order valence-electron chi connectivity index (χ4n) is 7.10. The van der Waals surface area contributed by atoms with E-state index in [1.807, 2.05) is 32.9 Å². The highest BCUT2D eigenvalue weighted by molar-refractivity contribution is 5.99. The average Bonchev–Trinajstić information content (AvgIpc) is 3.62. The molecule has 2 bridgehead atoms. The van der Waals surface area contributed by atoms with Crippen LogP contribution in [-0.2, 0) is 22.6 Å². The monoisotopic (exact) mass is 584 g/mol. The summed E-state index contributed by atoms with van der Waals surface area (Å²) in [6.45, 7) is 13.3. The van der Waals surface area contributed by atoms with Crippen molar-refractivity contribution in [3.63, 3.8) is 0 Å². The van der Waals surface area contributed by atoms with Crippen molar-refractivity contribution in [2.75, 3.05) is 37.8 Å². The van der Waals surface area contributed by atoms with E-state index >= 15 is 0 Å². The summed E-state index contributed by atoms with van der Waals surface area (Å²) < 4.78 is 11.4. The molecular weight excluding hydrogens is 540 g/mol. The molecule has 8 nitrogen and oxygen atoms in total. The fourth-order valence-corrected chi connectivity index (χ4v) is 7.10. The molecule has 3 aliphatic rings. The van der Waals surface area contributed by atoms with Crippen molar-refractivity contribution in [1.82, 2.24) is 15.2 Å². The van der Waals surface area contributed by atoms with Crippen molar-refractivity contribution in [3.8, 4) is 11.1 Å². The Morgan fingerprint density at radius 3 is 2.49 bits per heavy atom. The van der Waals surface area contributed by atoms with Crippen LogP contribution < -0.4 is 15.8 Å². The van der Waals surface area contributed by atoms with Gasteiger partial charge in [0.25, 0.3) is 11.5 Å². The maximum absolute atomic E-state index is 13.8. The van der Waals surface area contributed by atoms with Crippen LogP contribution in [0.5, 0.6) is 0 Å². The molecule has 3 saturated heterocycles. The van der Waals surface area contributed by atoms with Crippen molar-refractivity contribution in [3.05, 3.63) is 86.3 Å². The number of fused-ring (bicyclic) bond motifs is 2. The van der Waals surface area contributed by atoms with E-state index in [0.29, 0.717) is 29.3 Å². The Morgan fingerprint density at radius 1 is 1.07 bits per heavy atom. The molecular formula is C35H44N4O4. The van der Waals surface area contributed by atoms with E-state index in [1.54, 1.807) is 0 Å². The number of morpholine rings is 1. The maximum atomic E-state index is 13.8. The molecule has 0 spiro atoms. The minimum Gasteiger partial charge on any atom is -0.381 e. The standard InChI is InChI=1S/C35H44N4O4/c1-5-39(28-10-12-42-13-11-28)33-16-27(26-8-6-25(7-9-26)19-38-20-30-17-29(38)21-43-30)15-31(24(33)4)34(40)36-18-32-22(2)14-23(3)37-35(32)41/h6-9,14-16,28-30H,5,10-13,17-21H2,1-4H3,(H,36,40)(H,37,41)/t29-,30+/m1/s1. The summed E-state index contributed by atoms with van der Waals surface area (Å²) in [7, 11) is 0. The number of rotatable bonds is 9. The SMILES string of the molecule is CCN(c1cc(-c2ccc(CN3C[C@@H]4C[C@@H]3CO4)cc2)cc(C(=O)NCc2c(C)cc(C)[nH]c2=O)c1C)C1CCOCC1. The molecule has 0 aliphatic carbocycles. The molecule has 0 radical (unpaired) electrons. The van der Waals surface area contributed by atoms with Gasteiger partial charge in [-0.1, -0.05) is 24.3 Å². The van der Waals surface area contributed by atoms with Gasteiger partial charge in [-0.2, -0.15) is 0 Å². The Bertz CT molecular complexity index is 1530. The lowest BCUT2D eigenvalue weighted by molar-refractivity contribution is 0.0273. The van der Waals surface area contributed by atoms with Crippen molar-refractivity contribution in [1.29, 1.82) is 0 Å². The summed E-state index contributed by atoms with van der Waals surface area (Å²) in [5.74, 6) is -0.175. The third-order valence-corrected chi connectivity index (χ3v) is 9.51. The zero-order chi connectivity index (χ0) is 30.1. The van der Waals surface area contributed by atoms with Gasteiger partial charge in [-0.25, -0.2) is 0 Å². The molecule has 8 heteroatoms. The van der Waals surface area contributed by atoms with Crippen LogP contribution in [0.1, 0.15) is 64.5 Å². The van der Waals surface area contributed by atoms with E-state index in [9.17, 15) is 9.59 Å². The minimum atomic E-state index is -0.175. The Hall–Kier alpha value is -3.46. The molecule has 0 unspecified atom stereocenters. The molecule has 2 atom stereocenters.